The number of hydrogen-bond donors (Lipinski definition) is 0. The monoisotopic (exact) mass is 356 g/mol. The van der Waals surface area contributed by atoms with Crippen LogP contribution in [-0.2, 0) is 4.79 Å². The van der Waals surface area contributed by atoms with E-state index in [1.54, 1.807) is 57.6 Å². The Morgan fingerprint density at radius 3 is 2.44 bits per heavy atom. The van der Waals surface area contributed by atoms with Gasteiger partial charge in [0.05, 0.1) is 31.2 Å². The number of nitrogens with zero attached hydrogens (tertiary/aromatic N) is 2. The van der Waals surface area contributed by atoms with E-state index in [4.69, 9.17) is 21.1 Å². The number of hydrogen-bond acceptors (Lipinski definition) is 4. The number of methoxy groups -OCH3 is 2. The number of benzene rings is 2. The third-order valence-electron chi connectivity index (χ3n) is 3.87. The maximum atomic E-state index is 12.8. The molecule has 6 heteroatoms. The van der Waals surface area contributed by atoms with Gasteiger partial charge in [-0.2, -0.15) is 10.1 Å². The predicted molar refractivity (Wildman–Crippen MR) is 99.6 cm³/mol. The van der Waals surface area contributed by atoms with E-state index in [0.29, 0.717) is 33.5 Å². The Morgan fingerprint density at radius 1 is 1.08 bits per heavy atom. The summed E-state index contributed by atoms with van der Waals surface area (Å²) in [7, 11) is 3.17. The minimum atomic E-state index is -0.197. The minimum Gasteiger partial charge on any atom is -0.497 e. The average molecular weight is 357 g/mol. The summed E-state index contributed by atoms with van der Waals surface area (Å²) in [5.74, 6) is 1.11. The molecule has 0 aliphatic carbocycles. The summed E-state index contributed by atoms with van der Waals surface area (Å²) in [5, 5.41) is 6.33. The first-order chi connectivity index (χ1) is 12.0. The van der Waals surface area contributed by atoms with Crippen molar-refractivity contribution in [3.63, 3.8) is 0 Å². The van der Waals surface area contributed by atoms with Gasteiger partial charge < -0.3 is 9.47 Å². The van der Waals surface area contributed by atoms with Crippen molar-refractivity contribution < 1.29 is 14.3 Å². The molecule has 1 aliphatic rings. The van der Waals surface area contributed by atoms with Crippen molar-refractivity contribution in [1.29, 1.82) is 0 Å². The van der Waals surface area contributed by atoms with Gasteiger partial charge in [0.15, 0.2) is 0 Å². The summed E-state index contributed by atoms with van der Waals surface area (Å²) >= 11 is 5.90. The Balaban J connectivity index is 1.96. The first-order valence-corrected chi connectivity index (χ1v) is 8.00. The van der Waals surface area contributed by atoms with Gasteiger partial charge in [-0.25, -0.2) is 0 Å². The highest BCUT2D eigenvalue weighted by Crippen LogP contribution is 2.30. The molecule has 0 bridgehead atoms. The Hall–Kier alpha value is -2.79. The zero-order valence-electron chi connectivity index (χ0n) is 14.1. The van der Waals surface area contributed by atoms with E-state index < -0.39 is 0 Å². The number of carbonyl (C=O) groups excluding carboxylic acids is 1. The van der Waals surface area contributed by atoms with Gasteiger partial charge >= 0.3 is 0 Å². The van der Waals surface area contributed by atoms with Crippen LogP contribution < -0.4 is 14.5 Å². The number of amides is 1. The quantitative estimate of drug-likeness (QED) is 0.773. The van der Waals surface area contributed by atoms with Crippen molar-refractivity contribution in [3.8, 4) is 11.5 Å². The van der Waals surface area contributed by atoms with Crippen molar-refractivity contribution in [2.24, 2.45) is 5.10 Å². The normalized spacial score (nSPS) is 15.5. The molecule has 25 heavy (non-hydrogen) atoms. The Morgan fingerprint density at radius 2 is 1.80 bits per heavy atom. The van der Waals surface area contributed by atoms with E-state index >= 15 is 0 Å². The lowest BCUT2D eigenvalue weighted by Gasteiger charge is -2.12. The van der Waals surface area contributed by atoms with Crippen LogP contribution in [0.5, 0.6) is 11.5 Å². The first kappa shape index (κ1) is 17.0. The second-order valence-corrected chi connectivity index (χ2v) is 5.88. The predicted octanol–water partition coefficient (Wildman–Crippen LogP) is 4.16. The van der Waals surface area contributed by atoms with E-state index in [2.05, 4.69) is 5.10 Å². The van der Waals surface area contributed by atoms with Crippen molar-refractivity contribution >= 4 is 35.0 Å². The van der Waals surface area contributed by atoms with Crippen molar-refractivity contribution in [2.75, 3.05) is 19.2 Å². The minimum absolute atomic E-state index is 0.197. The van der Waals surface area contributed by atoms with E-state index in [9.17, 15) is 4.79 Å². The molecule has 128 valence electrons. The van der Waals surface area contributed by atoms with E-state index in [0.717, 1.165) is 5.56 Å². The molecule has 0 atom stereocenters. The zero-order chi connectivity index (χ0) is 18.0. The third kappa shape index (κ3) is 3.37. The van der Waals surface area contributed by atoms with Crippen molar-refractivity contribution in [3.05, 3.63) is 58.6 Å². The number of anilines is 1. The Bertz CT molecular complexity index is 873. The smallest absolute Gasteiger partial charge is 0.280 e. The molecule has 1 heterocycles. The molecule has 0 N–H and O–H groups in total. The van der Waals surface area contributed by atoms with Gasteiger partial charge in [0, 0.05) is 16.7 Å². The highest BCUT2D eigenvalue weighted by atomic mass is 35.5. The molecule has 1 amide bonds. The fourth-order valence-corrected chi connectivity index (χ4v) is 2.66. The summed E-state index contributed by atoms with van der Waals surface area (Å²) in [5.41, 5.74) is 2.59. The molecule has 3 rings (SSSR count). The van der Waals surface area contributed by atoms with Crippen LogP contribution >= 0.6 is 11.6 Å². The number of rotatable bonds is 4. The lowest BCUT2D eigenvalue weighted by molar-refractivity contribution is -0.114. The van der Waals surface area contributed by atoms with Crippen LogP contribution in [-0.4, -0.2) is 25.8 Å². The molecule has 1 aliphatic heterocycles. The summed E-state index contributed by atoms with van der Waals surface area (Å²) in [6.45, 7) is 1.80. The average Bonchev–Trinajstić information content (AvgIpc) is 2.91. The largest absolute Gasteiger partial charge is 0.497 e. The van der Waals surface area contributed by atoms with Gasteiger partial charge in [-0.1, -0.05) is 11.6 Å². The fraction of sp³-hybridized carbons (Fsp3) is 0.158. The summed E-state index contributed by atoms with van der Waals surface area (Å²) in [6, 6.07) is 12.4. The Labute approximate surface area is 151 Å². The highest BCUT2D eigenvalue weighted by molar-refractivity contribution is 6.32. The van der Waals surface area contributed by atoms with Crippen LogP contribution in [0.4, 0.5) is 5.69 Å². The Kier molecular flexibility index (Phi) is 4.76. The number of hydrazone groups is 1. The van der Waals surface area contributed by atoms with Gasteiger partial charge in [-0.15, -0.1) is 0 Å². The van der Waals surface area contributed by atoms with Crippen LogP contribution in [0.15, 0.2) is 53.1 Å². The van der Waals surface area contributed by atoms with E-state index in [1.165, 1.54) is 5.01 Å². The van der Waals surface area contributed by atoms with Gasteiger partial charge in [0.1, 0.15) is 11.5 Å². The van der Waals surface area contributed by atoms with Gasteiger partial charge in [0.25, 0.3) is 5.91 Å². The van der Waals surface area contributed by atoms with Crippen LogP contribution in [0.3, 0.4) is 0 Å². The zero-order valence-corrected chi connectivity index (χ0v) is 14.9. The molecule has 0 unspecified atom stereocenters. The van der Waals surface area contributed by atoms with Crippen LogP contribution in [0.2, 0.25) is 5.02 Å². The lowest BCUT2D eigenvalue weighted by Crippen LogP contribution is -2.21. The molecule has 2 aromatic carbocycles. The number of carbonyl (C=O) groups is 1. The van der Waals surface area contributed by atoms with Crippen molar-refractivity contribution in [2.45, 2.75) is 6.92 Å². The number of halogens is 1. The molecule has 0 aromatic heterocycles. The number of ether oxygens (including phenoxy) is 2. The van der Waals surface area contributed by atoms with E-state index in [-0.39, 0.29) is 5.91 Å². The summed E-state index contributed by atoms with van der Waals surface area (Å²) in [6.07, 6.45) is 1.77. The highest BCUT2D eigenvalue weighted by Gasteiger charge is 2.29. The molecule has 5 nitrogen and oxygen atoms in total. The molecule has 0 fully saturated rings. The summed E-state index contributed by atoms with van der Waals surface area (Å²) < 4.78 is 10.6. The van der Waals surface area contributed by atoms with E-state index in [1.807, 2.05) is 12.1 Å². The standard InChI is InChI=1S/C19H17ClN2O3/c1-12-17(10-13-4-9-16(24-2)11-18(13)25-3)19(23)22(21-12)15-7-5-14(20)6-8-15/h4-11H,1-3H3. The third-order valence-corrected chi connectivity index (χ3v) is 4.13. The first-order valence-electron chi connectivity index (χ1n) is 7.63. The van der Waals surface area contributed by atoms with Crippen LogP contribution in [0.25, 0.3) is 6.08 Å². The molecule has 0 saturated heterocycles. The molecule has 2 aromatic rings. The SMILES string of the molecule is COc1ccc(C=C2C(=O)N(c3ccc(Cl)cc3)N=C2C)c(OC)c1. The lowest BCUT2D eigenvalue weighted by atomic mass is 10.1. The molecule has 0 saturated carbocycles. The summed E-state index contributed by atoms with van der Waals surface area (Å²) in [4.78, 5) is 12.8. The van der Waals surface area contributed by atoms with Gasteiger partial charge in [0.2, 0.25) is 0 Å². The maximum Gasteiger partial charge on any atom is 0.280 e. The van der Waals surface area contributed by atoms with Crippen molar-refractivity contribution in [1.82, 2.24) is 0 Å². The molecule has 0 spiro atoms. The molecular weight excluding hydrogens is 340 g/mol. The second kappa shape index (κ2) is 6.99. The molecular formula is C19H17ClN2O3. The van der Waals surface area contributed by atoms with Gasteiger partial charge in [-0.3, -0.25) is 4.79 Å². The van der Waals surface area contributed by atoms with Gasteiger partial charge in [-0.05, 0) is 49.4 Å². The fourth-order valence-electron chi connectivity index (χ4n) is 2.53. The topological polar surface area (TPSA) is 51.1 Å². The molecule has 0 radical (unpaired) electrons. The van der Waals surface area contributed by atoms with Crippen LogP contribution in [0.1, 0.15) is 12.5 Å². The maximum absolute atomic E-state index is 12.8. The van der Waals surface area contributed by atoms with Crippen LogP contribution in [0, 0.1) is 0 Å². The second-order valence-electron chi connectivity index (χ2n) is 5.44.